The van der Waals surface area contributed by atoms with Crippen LogP contribution in [0.3, 0.4) is 0 Å². The monoisotopic (exact) mass is 188 g/mol. The first kappa shape index (κ1) is 11.9. The molecule has 0 aromatic heterocycles. The van der Waals surface area contributed by atoms with Crippen molar-refractivity contribution in [3.8, 4) is 0 Å². The molecular weight excluding hydrogens is 172 g/mol. The van der Waals surface area contributed by atoms with Crippen molar-refractivity contribution in [1.82, 2.24) is 0 Å². The second-order valence-corrected chi connectivity index (χ2v) is 2.74. The van der Waals surface area contributed by atoms with Crippen LogP contribution < -0.4 is 0 Å². The van der Waals surface area contributed by atoms with Crippen LogP contribution >= 0.6 is 0 Å². The molecule has 0 aliphatic rings. The van der Waals surface area contributed by atoms with Gasteiger partial charge in [-0.25, -0.2) is 0 Å². The summed E-state index contributed by atoms with van der Waals surface area (Å²) in [6.45, 7) is 1.89. The summed E-state index contributed by atoms with van der Waals surface area (Å²) < 4.78 is 9.05. The SMILES string of the molecule is CC[C@H](CCC(=O)OC)C(=O)OC. The second kappa shape index (κ2) is 6.46. The van der Waals surface area contributed by atoms with E-state index in [2.05, 4.69) is 9.47 Å². The summed E-state index contributed by atoms with van der Waals surface area (Å²) >= 11 is 0. The fraction of sp³-hybridized carbons (Fsp3) is 0.778. The highest BCUT2D eigenvalue weighted by molar-refractivity contribution is 5.74. The Kier molecular flexibility index (Phi) is 5.93. The number of hydrogen-bond acceptors (Lipinski definition) is 4. The Morgan fingerprint density at radius 2 is 1.85 bits per heavy atom. The lowest BCUT2D eigenvalue weighted by Crippen LogP contribution is -2.17. The largest absolute Gasteiger partial charge is 0.469 e. The molecule has 0 aliphatic carbocycles. The predicted molar refractivity (Wildman–Crippen MR) is 47.0 cm³/mol. The number of carbonyl (C=O) groups excluding carboxylic acids is 2. The number of carbonyl (C=O) groups is 2. The number of hydrogen-bond donors (Lipinski definition) is 0. The van der Waals surface area contributed by atoms with E-state index in [9.17, 15) is 9.59 Å². The molecule has 0 aromatic carbocycles. The van der Waals surface area contributed by atoms with Crippen molar-refractivity contribution in [2.75, 3.05) is 14.2 Å². The highest BCUT2D eigenvalue weighted by Crippen LogP contribution is 2.12. The molecule has 4 heteroatoms. The third-order valence-electron chi connectivity index (χ3n) is 1.95. The lowest BCUT2D eigenvalue weighted by molar-refractivity contribution is -0.146. The van der Waals surface area contributed by atoms with Crippen LogP contribution in [-0.2, 0) is 19.1 Å². The van der Waals surface area contributed by atoms with E-state index in [0.717, 1.165) is 0 Å². The van der Waals surface area contributed by atoms with Gasteiger partial charge in [0.15, 0.2) is 0 Å². The van der Waals surface area contributed by atoms with Crippen LogP contribution in [0.4, 0.5) is 0 Å². The maximum atomic E-state index is 11.1. The van der Waals surface area contributed by atoms with E-state index in [4.69, 9.17) is 0 Å². The average molecular weight is 188 g/mol. The third kappa shape index (κ3) is 4.50. The van der Waals surface area contributed by atoms with Gasteiger partial charge in [-0.05, 0) is 12.8 Å². The molecule has 0 rings (SSSR count). The van der Waals surface area contributed by atoms with E-state index in [1.807, 2.05) is 6.92 Å². The Hall–Kier alpha value is -1.06. The van der Waals surface area contributed by atoms with Gasteiger partial charge in [-0.1, -0.05) is 6.92 Å². The van der Waals surface area contributed by atoms with Gasteiger partial charge in [-0.3, -0.25) is 9.59 Å². The third-order valence-corrected chi connectivity index (χ3v) is 1.95. The summed E-state index contributed by atoms with van der Waals surface area (Å²) in [5.41, 5.74) is 0. The number of esters is 2. The molecular formula is C9H16O4. The van der Waals surface area contributed by atoms with E-state index < -0.39 is 0 Å². The Morgan fingerprint density at radius 3 is 2.23 bits per heavy atom. The maximum Gasteiger partial charge on any atom is 0.308 e. The summed E-state index contributed by atoms with van der Waals surface area (Å²) in [5, 5.41) is 0. The van der Waals surface area contributed by atoms with Crippen molar-refractivity contribution < 1.29 is 19.1 Å². The van der Waals surface area contributed by atoms with Gasteiger partial charge in [0.2, 0.25) is 0 Å². The van der Waals surface area contributed by atoms with Gasteiger partial charge in [-0.2, -0.15) is 0 Å². The van der Waals surface area contributed by atoms with Crippen molar-refractivity contribution in [3.63, 3.8) is 0 Å². The summed E-state index contributed by atoms with van der Waals surface area (Å²) in [4.78, 5) is 21.8. The second-order valence-electron chi connectivity index (χ2n) is 2.74. The van der Waals surface area contributed by atoms with E-state index in [1.54, 1.807) is 0 Å². The van der Waals surface area contributed by atoms with Crippen molar-refractivity contribution in [2.45, 2.75) is 26.2 Å². The van der Waals surface area contributed by atoms with Crippen LogP contribution in [0.1, 0.15) is 26.2 Å². The minimum atomic E-state index is -0.289. The summed E-state index contributed by atoms with van der Waals surface area (Å²) in [7, 11) is 2.69. The summed E-state index contributed by atoms with van der Waals surface area (Å²) in [5.74, 6) is -0.738. The Morgan fingerprint density at radius 1 is 1.23 bits per heavy atom. The standard InChI is InChI=1S/C9H16O4/c1-4-7(9(11)13-3)5-6-8(10)12-2/h7H,4-6H2,1-3H3/t7-/m1/s1. The molecule has 0 unspecified atom stereocenters. The molecule has 0 bridgehead atoms. The van der Waals surface area contributed by atoms with Gasteiger partial charge >= 0.3 is 11.9 Å². The van der Waals surface area contributed by atoms with Crippen molar-refractivity contribution in [3.05, 3.63) is 0 Å². The first-order valence-electron chi connectivity index (χ1n) is 4.30. The molecule has 0 aromatic rings. The molecule has 4 nitrogen and oxygen atoms in total. The van der Waals surface area contributed by atoms with E-state index in [0.29, 0.717) is 12.8 Å². The highest BCUT2D eigenvalue weighted by atomic mass is 16.5. The van der Waals surface area contributed by atoms with Gasteiger partial charge < -0.3 is 9.47 Å². The van der Waals surface area contributed by atoms with E-state index in [-0.39, 0.29) is 24.3 Å². The van der Waals surface area contributed by atoms with Crippen molar-refractivity contribution in [1.29, 1.82) is 0 Å². The molecule has 0 spiro atoms. The van der Waals surface area contributed by atoms with Crippen LogP contribution in [0.5, 0.6) is 0 Å². The molecule has 0 heterocycles. The fourth-order valence-electron chi connectivity index (χ4n) is 1.05. The first-order valence-corrected chi connectivity index (χ1v) is 4.30. The molecule has 13 heavy (non-hydrogen) atoms. The van der Waals surface area contributed by atoms with E-state index in [1.165, 1.54) is 14.2 Å². The maximum absolute atomic E-state index is 11.1. The fourth-order valence-corrected chi connectivity index (χ4v) is 1.05. The molecule has 76 valence electrons. The summed E-state index contributed by atoms with van der Waals surface area (Å²) in [6.07, 6.45) is 1.45. The van der Waals surface area contributed by atoms with Crippen molar-refractivity contribution in [2.24, 2.45) is 5.92 Å². The molecule has 1 atom stereocenters. The topological polar surface area (TPSA) is 52.6 Å². The highest BCUT2D eigenvalue weighted by Gasteiger charge is 2.17. The molecule has 0 radical (unpaired) electrons. The van der Waals surface area contributed by atoms with Gasteiger partial charge in [0.05, 0.1) is 20.1 Å². The first-order chi connectivity index (χ1) is 6.15. The average Bonchev–Trinajstić information content (AvgIpc) is 2.17. The smallest absolute Gasteiger partial charge is 0.308 e. The number of ether oxygens (including phenoxy) is 2. The molecule has 0 fully saturated rings. The van der Waals surface area contributed by atoms with Gasteiger partial charge in [-0.15, -0.1) is 0 Å². The Balaban J connectivity index is 3.85. The molecule has 0 saturated carbocycles. The van der Waals surface area contributed by atoms with Crippen LogP contribution in [0.25, 0.3) is 0 Å². The van der Waals surface area contributed by atoms with Gasteiger partial charge in [0.1, 0.15) is 0 Å². The predicted octanol–water partition coefficient (Wildman–Crippen LogP) is 1.14. The normalized spacial score (nSPS) is 11.9. The van der Waals surface area contributed by atoms with Gasteiger partial charge in [0.25, 0.3) is 0 Å². The van der Waals surface area contributed by atoms with Crippen LogP contribution in [0, 0.1) is 5.92 Å². The zero-order chi connectivity index (χ0) is 10.3. The molecule has 0 amide bonds. The molecule has 0 N–H and O–H groups in total. The quantitative estimate of drug-likeness (QED) is 0.607. The van der Waals surface area contributed by atoms with E-state index >= 15 is 0 Å². The minimum Gasteiger partial charge on any atom is -0.469 e. The van der Waals surface area contributed by atoms with Gasteiger partial charge in [0, 0.05) is 6.42 Å². The molecule has 0 aliphatic heterocycles. The lowest BCUT2D eigenvalue weighted by Gasteiger charge is -2.10. The Bertz CT molecular complexity index is 176. The zero-order valence-corrected chi connectivity index (χ0v) is 8.33. The Labute approximate surface area is 78.2 Å². The lowest BCUT2D eigenvalue weighted by atomic mass is 10.0. The van der Waals surface area contributed by atoms with Crippen LogP contribution in [-0.4, -0.2) is 26.2 Å². The molecule has 0 saturated heterocycles. The van der Waals surface area contributed by atoms with Crippen LogP contribution in [0.2, 0.25) is 0 Å². The summed E-state index contributed by atoms with van der Waals surface area (Å²) in [6, 6.07) is 0. The number of rotatable bonds is 5. The number of methoxy groups -OCH3 is 2. The van der Waals surface area contributed by atoms with Crippen LogP contribution in [0.15, 0.2) is 0 Å². The van der Waals surface area contributed by atoms with Crippen molar-refractivity contribution >= 4 is 11.9 Å². The minimum absolute atomic E-state index is 0.191. The zero-order valence-electron chi connectivity index (χ0n) is 8.33.